The Bertz CT molecular complexity index is 1130. The van der Waals surface area contributed by atoms with Gasteiger partial charge in [0.15, 0.2) is 0 Å². The van der Waals surface area contributed by atoms with Crippen molar-refractivity contribution in [3.8, 4) is 11.5 Å². The zero-order valence-electron chi connectivity index (χ0n) is 17.8. The zero-order chi connectivity index (χ0) is 22.7. The summed E-state index contributed by atoms with van der Waals surface area (Å²) in [5.41, 5.74) is 4.23. The number of ether oxygens (including phenoxy) is 1. The van der Waals surface area contributed by atoms with E-state index in [0.717, 1.165) is 24.8 Å². The Morgan fingerprint density at radius 3 is 2.69 bits per heavy atom. The molecule has 0 aliphatic heterocycles. The SMILES string of the molecule is Cc1ccc(Oc2ccc3c(c2)C[C@@H](NC[C@H](O)c2cccc(Cl)c2)CC3)cc1C(=O)O. The number of aromatic carboxylic acids is 1. The number of aliphatic hydroxyl groups excluding tert-OH is 1. The summed E-state index contributed by atoms with van der Waals surface area (Å²) in [6.45, 7) is 2.22. The lowest BCUT2D eigenvalue weighted by Gasteiger charge is -2.27. The number of halogens is 1. The second-order valence-corrected chi connectivity index (χ2v) is 8.67. The van der Waals surface area contributed by atoms with E-state index in [4.69, 9.17) is 16.3 Å². The minimum atomic E-state index is -0.965. The summed E-state index contributed by atoms with van der Waals surface area (Å²) in [5, 5.41) is 23.9. The van der Waals surface area contributed by atoms with E-state index in [0.29, 0.717) is 28.6 Å². The van der Waals surface area contributed by atoms with Gasteiger partial charge in [-0.05, 0) is 84.8 Å². The second-order valence-electron chi connectivity index (χ2n) is 8.23. The Morgan fingerprint density at radius 2 is 1.91 bits per heavy atom. The number of hydrogen-bond donors (Lipinski definition) is 3. The molecule has 0 unspecified atom stereocenters. The molecule has 3 aromatic carbocycles. The van der Waals surface area contributed by atoms with Crippen molar-refractivity contribution in [1.82, 2.24) is 5.32 Å². The number of carbonyl (C=O) groups is 1. The summed E-state index contributed by atoms with van der Waals surface area (Å²) in [7, 11) is 0. The monoisotopic (exact) mass is 451 g/mol. The maximum absolute atomic E-state index is 11.4. The molecule has 0 amide bonds. The average Bonchev–Trinajstić information content (AvgIpc) is 2.78. The van der Waals surface area contributed by atoms with Crippen LogP contribution >= 0.6 is 11.6 Å². The van der Waals surface area contributed by atoms with E-state index in [1.807, 2.05) is 24.3 Å². The zero-order valence-corrected chi connectivity index (χ0v) is 18.6. The van der Waals surface area contributed by atoms with E-state index in [1.165, 1.54) is 11.1 Å². The van der Waals surface area contributed by atoms with Gasteiger partial charge in [-0.2, -0.15) is 0 Å². The molecule has 4 rings (SSSR count). The summed E-state index contributed by atoms with van der Waals surface area (Å²) in [6.07, 6.45) is 2.17. The fraction of sp³-hybridized carbons (Fsp3) is 0.269. The highest BCUT2D eigenvalue weighted by atomic mass is 35.5. The number of rotatable bonds is 7. The average molecular weight is 452 g/mol. The Labute approximate surface area is 192 Å². The van der Waals surface area contributed by atoms with E-state index in [-0.39, 0.29) is 11.6 Å². The summed E-state index contributed by atoms with van der Waals surface area (Å²) in [6, 6.07) is 18.7. The molecule has 32 heavy (non-hydrogen) atoms. The first-order valence-electron chi connectivity index (χ1n) is 10.7. The van der Waals surface area contributed by atoms with Gasteiger partial charge in [0, 0.05) is 17.6 Å². The molecule has 6 heteroatoms. The van der Waals surface area contributed by atoms with E-state index in [1.54, 1.807) is 37.3 Å². The molecule has 0 radical (unpaired) electrons. The lowest BCUT2D eigenvalue weighted by molar-refractivity contribution is 0.0695. The summed E-state index contributed by atoms with van der Waals surface area (Å²) >= 11 is 6.03. The summed E-state index contributed by atoms with van der Waals surface area (Å²) in [4.78, 5) is 11.4. The van der Waals surface area contributed by atoms with Crippen LogP contribution in [0.2, 0.25) is 5.02 Å². The highest BCUT2D eigenvalue weighted by Crippen LogP contribution is 2.30. The van der Waals surface area contributed by atoms with Gasteiger partial charge in [0.25, 0.3) is 0 Å². The number of carboxylic acids is 1. The molecule has 1 aliphatic rings. The minimum Gasteiger partial charge on any atom is -0.478 e. The highest BCUT2D eigenvalue weighted by molar-refractivity contribution is 6.30. The van der Waals surface area contributed by atoms with E-state index >= 15 is 0 Å². The molecule has 1 aliphatic carbocycles. The van der Waals surface area contributed by atoms with Crippen molar-refractivity contribution in [2.75, 3.05) is 6.54 Å². The Morgan fingerprint density at radius 1 is 1.12 bits per heavy atom. The Balaban J connectivity index is 1.41. The fourth-order valence-corrected chi connectivity index (χ4v) is 4.31. The molecular formula is C26H26ClNO4. The Hall–Kier alpha value is -2.86. The van der Waals surface area contributed by atoms with Crippen molar-refractivity contribution in [2.24, 2.45) is 0 Å². The van der Waals surface area contributed by atoms with Crippen molar-refractivity contribution in [3.63, 3.8) is 0 Å². The number of aliphatic hydroxyl groups is 1. The summed E-state index contributed by atoms with van der Waals surface area (Å²) in [5.74, 6) is 0.221. The van der Waals surface area contributed by atoms with Gasteiger partial charge < -0.3 is 20.3 Å². The minimum absolute atomic E-state index is 0.239. The van der Waals surface area contributed by atoms with Crippen LogP contribution in [-0.2, 0) is 12.8 Å². The molecule has 3 N–H and O–H groups in total. The molecule has 0 saturated carbocycles. The van der Waals surface area contributed by atoms with E-state index in [2.05, 4.69) is 11.4 Å². The van der Waals surface area contributed by atoms with Crippen molar-refractivity contribution in [1.29, 1.82) is 0 Å². The molecule has 0 bridgehead atoms. The van der Waals surface area contributed by atoms with E-state index in [9.17, 15) is 15.0 Å². The van der Waals surface area contributed by atoms with Crippen LogP contribution in [0.5, 0.6) is 11.5 Å². The van der Waals surface area contributed by atoms with Crippen LogP contribution in [0.4, 0.5) is 0 Å². The normalized spacial score (nSPS) is 16.3. The molecular weight excluding hydrogens is 426 g/mol. The van der Waals surface area contributed by atoms with Gasteiger partial charge >= 0.3 is 5.97 Å². The van der Waals surface area contributed by atoms with Gasteiger partial charge in [-0.15, -0.1) is 0 Å². The lowest BCUT2D eigenvalue weighted by atomic mass is 9.88. The number of benzene rings is 3. The fourth-order valence-electron chi connectivity index (χ4n) is 4.11. The first-order valence-corrected chi connectivity index (χ1v) is 11.1. The van der Waals surface area contributed by atoms with Gasteiger partial charge in [-0.3, -0.25) is 0 Å². The number of carboxylic acid groups (broad SMARTS) is 1. The molecule has 0 spiro atoms. The van der Waals surface area contributed by atoms with Crippen LogP contribution in [0, 0.1) is 6.92 Å². The van der Waals surface area contributed by atoms with Crippen molar-refractivity contribution >= 4 is 17.6 Å². The number of fused-ring (bicyclic) bond motifs is 1. The molecule has 0 heterocycles. The topological polar surface area (TPSA) is 78.8 Å². The van der Waals surface area contributed by atoms with Gasteiger partial charge in [-0.25, -0.2) is 4.79 Å². The summed E-state index contributed by atoms with van der Waals surface area (Å²) < 4.78 is 5.96. The number of hydrogen-bond acceptors (Lipinski definition) is 4. The van der Waals surface area contributed by atoms with Crippen LogP contribution in [0.15, 0.2) is 60.7 Å². The van der Waals surface area contributed by atoms with Crippen molar-refractivity contribution < 1.29 is 19.7 Å². The standard InChI is InChI=1S/C26H26ClNO4/c1-16-5-9-23(14-24(16)26(30)31)32-22-10-7-17-6-8-21(12-19(17)13-22)28-15-25(29)18-3-2-4-20(27)11-18/h2-5,7,9-11,13-14,21,25,28-29H,6,8,12,15H2,1H3,(H,30,31)/t21-,25-/m0/s1. The van der Waals surface area contributed by atoms with Crippen LogP contribution in [0.3, 0.4) is 0 Å². The van der Waals surface area contributed by atoms with Crippen molar-refractivity contribution in [2.45, 2.75) is 38.3 Å². The van der Waals surface area contributed by atoms with Crippen LogP contribution in [-0.4, -0.2) is 28.8 Å². The highest BCUT2D eigenvalue weighted by Gasteiger charge is 2.20. The molecule has 5 nitrogen and oxygen atoms in total. The maximum Gasteiger partial charge on any atom is 0.336 e. The van der Waals surface area contributed by atoms with Crippen molar-refractivity contribution in [3.05, 3.63) is 93.5 Å². The third-order valence-electron chi connectivity index (χ3n) is 5.91. The molecule has 2 atom stereocenters. The quantitative estimate of drug-likeness (QED) is 0.453. The third-order valence-corrected chi connectivity index (χ3v) is 6.15. The smallest absolute Gasteiger partial charge is 0.336 e. The van der Waals surface area contributed by atoms with Crippen LogP contribution in [0.1, 0.15) is 45.1 Å². The molecule has 166 valence electrons. The third kappa shape index (κ3) is 5.30. The number of nitrogens with one attached hydrogen (secondary N) is 1. The lowest BCUT2D eigenvalue weighted by Crippen LogP contribution is -2.37. The molecule has 3 aromatic rings. The van der Waals surface area contributed by atoms with Gasteiger partial charge in [0.2, 0.25) is 0 Å². The second kappa shape index (κ2) is 9.74. The predicted octanol–water partition coefficient (Wildman–Crippen LogP) is 5.32. The maximum atomic E-state index is 11.4. The molecule has 0 fully saturated rings. The first-order chi connectivity index (χ1) is 15.4. The molecule has 0 saturated heterocycles. The van der Waals surface area contributed by atoms with Crippen LogP contribution in [0.25, 0.3) is 0 Å². The largest absolute Gasteiger partial charge is 0.478 e. The predicted molar refractivity (Wildman–Crippen MR) is 125 cm³/mol. The van der Waals surface area contributed by atoms with E-state index < -0.39 is 12.1 Å². The van der Waals surface area contributed by atoms with Gasteiger partial charge in [0.05, 0.1) is 11.7 Å². The van der Waals surface area contributed by atoms with Gasteiger partial charge in [0.1, 0.15) is 11.5 Å². The first kappa shape index (κ1) is 22.3. The number of aryl methyl sites for hydroxylation is 2. The van der Waals surface area contributed by atoms with Gasteiger partial charge in [-0.1, -0.05) is 35.9 Å². The van der Waals surface area contributed by atoms with Crippen LogP contribution < -0.4 is 10.1 Å². The Kier molecular flexibility index (Phi) is 6.80. The molecule has 0 aromatic heterocycles.